The third kappa shape index (κ3) is 4.66. The fraction of sp³-hybridized carbons (Fsp3) is 0.208. The summed E-state index contributed by atoms with van der Waals surface area (Å²) in [7, 11) is 0. The van der Waals surface area contributed by atoms with Crippen molar-refractivity contribution in [1.29, 1.82) is 0 Å². The summed E-state index contributed by atoms with van der Waals surface area (Å²) >= 11 is 12.7. The van der Waals surface area contributed by atoms with Crippen molar-refractivity contribution in [3.05, 3.63) is 86.5 Å². The van der Waals surface area contributed by atoms with Crippen LogP contribution in [0.5, 0.6) is 0 Å². The highest BCUT2D eigenvalue weighted by atomic mass is 35.5. The number of rotatable bonds is 5. The predicted molar refractivity (Wildman–Crippen MR) is 134 cm³/mol. The molecule has 2 aromatic carbocycles. The van der Waals surface area contributed by atoms with E-state index >= 15 is 0 Å². The van der Waals surface area contributed by atoms with Crippen molar-refractivity contribution in [1.82, 2.24) is 20.3 Å². The minimum Gasteiger partial charge on any atom is -0.369 e. The van der Waals surface area contributed by atoms with Crippen LogP contribution in [0.15, 0.2) is 59.7 Å². The van der Waals surface area contributed by atoms with Crippen molar-refractivity contribution in [2.75, 3.05) is 36.4 Å². The van der Waals surface area contributed by atoms with Crippen molar-refractivity contribution in [3.63, 3.8) is 0 Å². The molecule has 9 heteroatoms. The van der Waals surface area contributed by atoms with E-state index in [1.165, 1.54) is 12.0 Å². The zero-order chi connectivity index (χ0) is 22.8. The van der Waals surface area contributed by atoms with Crippen molar-refractivity contribution in [3.8, 4) is 0 Å². The Morgan fingerprint density at radius 3 is 2.48 bits per heavy atom. The highest BCUT2D eigenvalue weighted by Crippen LogP contribution is 2.29. The molecule has 0 radical (unpaired) electrons. The van der Waals surface area contributed by atoms with Crippen LogP contribution in [0.3, 0.4) is 0 Å². The predicted octanol–water partition coefficient (Wildman–Crippen LogP) is 4.37. The van der Waals surface area contributed by atoms with Crippen molar-refractivity contribution in [2.45, 2.75) is 6.42 Å². The lowest BCUT2D eigenvalue weighted by atomic mass is 10.1. The van der Waals surface area contributed by atoms with E-state index in [0.29, 0.717) is 38.9 Å². The molecule has 0 bridgehead atoms. The summed E-state index contributed by atoms with van der Waals surface area (Å²) in [5, 5.41) is 8.21. The van der Waals surface area contributed by atoms with Crippen molar-refractivity contribution >= 4 is 51.3 Å². The molecular formula is C24H22Cl2N6O. The zero-order valence-corrected chi connectivity index (χ0v) is 19.2. The number of nitrogens with one attached hydrogen (secondary N) is 3. The van der Waals surface area contributed by atoms with Crippen LogP contribution in [0.25, 0.3) is 10.9 Å². The second-order valence-corrected chi connectivity index (χ2v) is 8.69. The van der Waals surface area contributed by atoms with Gasteiger partial charge in [-0.3, -0.25) is 4.79 Å². The maximum atomic E-state index is 12.6. The number of halogens is 2. The van der Waals surface area contributed by atoms with Gasteiger partial charge < -0.3 is 20.5 Å². The van der Waals surface area contributed by atoms with E-state index in [2.05, 4.69) is 37.6 Å². The number of aromatic amines is 1. The van der Waals surface area contributed by atoms with Gasteiger partial charge in [0.25, 0.3) is 5.56 Å². The largest absolute Gasteiger partial charge is 0.369 e. The van der Waals surface area contributed by atoms with Crippen LogP contribution in [0, 0.1) is 0 Å². The summed E-state index contributed by atoms with van der Waals surface area (Å²) in [6.45, 7) is 3.92. The lowest BCUT2D eigenvalue weighted by Gasteiger charge is -2.29. The second kappa shape index (κ2) is 9.39. The summed E-state index contributed by atoms with van der Waals surface area (Å²) in [5.74, 6) is 0.440. The van der Waals surface area contributed by atoms with Crippen LogP contribution < -0.4 is 21.1 Å². The van der Waals surface area contributed by atoms with Crippen LogP contribution >= 0.6 is 23.2 Å². The van der Waals surface area contributed by atoms with E-state index in [0.717, 1.165) is 37.4 Å². The number of H-pyrrole nitrogens is 1. The van der Waals surface area contributed by atoms with Gasteiger partial charge in [0.2, 0.25) is 0 Å². The Morgan fingerprint density at radius 1 is 1.03 bits per heavy atom. The molecule has 4 aromatic rings. The maximum Gasteiger partial charge on any atom is 0.262 e. The van der Waals surface area contributed by atoms with E-state index in [1.54, 1.807) is 24.3 Å². The van der Waals surface area contributed by atoms with E-state index in [-0.39, 0.29) is 5.56 Å². The number of fused-ring (bicyclic) bond motifs is 1. The van der Waals surface area contributed by atoms with Crippen LogP contribution in [0.4, 0.5) is 17.2 Å². The van der Waals surface area contributed by atoms with Crippen LogP contribution in [-0.2, 0) is 6.42 Å². The SMILES string of the molecule is O=c1[nH]cnc2cc(Cc3c(Cl)cccc3Cl)nc(Nc3ccc(N4CCNCC4)cc3)c12. The highest BCUT2D eigenvalue weighted by Gasteiger charge is 2.15. The fourth-order valence-corrected chi connectivity index (χ4v) is 4.55. The number of hydrogen-bond donors (Lipinski definition) is 3. The van der Waals surface area contributed by atoms with Gasteiger partial charge in [0.05, 0.1) is 11.8 Å². The molecule has 3 N–H and O–H groups in total. The molecule has 33 heavy (non-hydrogen) atoms. The van der Waals surface area contributed by atoms with E-state index in [1.807, 2.05) is 12.1 Å². The molecule has 0 atom stereocenters. The molecule has 1 fully saturated rings. The first kappa shape index (κ1) is 21.7. The minimum absolute atomic E-state index is 0.255. The molecule has 168 valence electrons. The molecule has 0 aliphatic carbocycles. The minimum atomic E-state index is -0.255. The van der Waals surface area contributed by atoms with Crippen LogP contribution in [0.2, 0.25) is 10.0 Å². The van der Waals surface area contributed by atoms with Crippen LogP contribution in [-0.4, -0.2) is 41.1 Å². The highest BCUT2D eigenvalue weighted by molar-refractivity contribution is 6.36. The van der Waals surface area contributed by atoms with E-state index < -0.39 is 0 Å². The quantitative estimate of drug-likeness (QED) is 0.393. The lowest BCUT2D eigenvalue weighted by Crippen LogP contribution is -2.43. The molecule has 1 aliphatic heterocycles. The van der Waals surface area contributed by atoms with Gasteiger partial charge in [-0.2, -0.15) is 0 Å². The van der Waals surface area contributed by atoms with Crippen molar-refractivity contribution < 1.29 is 0 Å². The molecule has 5 rings (SSSR count). The van der Waals surface area contributed by atoms with Gasteiger partial charge in [-0.1, -0.05) is 29.3 Å². The summed E-state index contributed by atoms with van der Waals surface area (Å²) in [6.07, 6.45) is 1.81. The van der Waals surface area contributed by atoms with Gasteiger partial charge in [0.15, 0.2) is 0 Å². The fourth-order valence-electron chi connectivity index (χ4n) is 4.02. The Kier molecular flexibility index (Phi) is 6.17. The monoisotopic (exact) mass is 480 g/mol. The molecular weight excluding hydrogens is 459 g/mol. The molecule has 3 heterocycles. The molecule has 0 spiro atoms. The molecule has 0 unspecified atom stereocenters. The third-order valence-corrected chi connectivity index (χ3v) is 6.42. The Morgan fingerprint density at radius 2 is 1.76 bits per heavy atom. The number of anilines is 3. The van der Waals surface area contributed by atoms with Gasteiger partial charge in [0.1, 0.15) is 11.2 Å². The Hall–Kier alpha value is -3.13. The van der Waals surface area contributed by atoms with E-state index in [9.17, 15) is 4.79 Å². The van der Waals surface area contributed by atoms with Gasteiger partial charge in [-0.05, 0) is 48.0 Å². The molecule has 1 aliphatic rings. The second-order valence-electron chi connectivity index (χ2n) is 7.87. The van der Waals surface area contributed by atoms with Gasteiger partial charge in [-0.25, -0.2) is 9.97 Å². The Bertz CT molecular complexity index is 1330. The van der Waals surface area contributed by atoms with Gasteiger partial charge in [0, 0.05) is 59.7 Å². The number of piperazine rings is 1. The first-order valence-electron chi connectivity index (χ1n) is 10.7. The Balaban J connectivity index is 1.49. The summed E-state index contributed by atoms with van der Waals surface area (Å²) < 4.78 is 0. The molecule has 2 aromatic heterocycles. The first-order valence-corrected chi connectivity index (χ1v) is 11.5. The van der Waals surface area contributed by atoms with Gasteiger partial charge >= 0.3 is 0 Å². The summed E-state index contributed by atoms with van der Waals surface area (Å²) in [6, 6.07) is 15.3. The van der Waals surface area contributed by atoms with Gasteiger partial charge in [-0.15, -0.1) is 0 Å². The molecule has 7 nitrogen and oxygen atoms in total. The molecule has 0 amide bonds. The number of nitrogens with zero attached hydrogens (tertiary/aromatic N) is 3. The first-order chi connectivity index (χ1) is 16.1. The number of aromatic nitrogens is 3. The summed E-state index contributed by atoms with van der Waals surface area (Å²) in [4.78, 5) is 26.7. The molecule has 1 saturated heterocycles. The maximum absolute atomic E-state index is 12.6. The molecule has 0 saturated carbocycles. The standard InChI is InChI=1S/C24H22Cl2N6O/c25-19-2-1-3-20(26)18(19)12-16-13-21-22(24(33)29-14-28-21)23(31-16)30-15-4-6-17(7-5-15)32-10-8-27-9-11-32/h1-7,13-14,27H,8-12H2,(H,30,31)(H,28,29,33). The smallest absolute Gasteiger partial charge is 0.262 e. The van der Waals surface area contributed by atoms with Crippen molar-refractivity contribution in [2.24, 2.45) is 0 Å². The van der Waals surface area contributed by atoms with Crippen LogP contribution in [0.1, 0.15) is 11.3 Å². The summed E-state index contributed by atoms with van der Waals surface area (Å²) in [5.41, 5.74) is 3.78. The number of pyridine rings is 1. The number of benzene rings is 2. The Labute approximate surface area is 200 Å². The normalized spacial score (nSPS) is 13.9. The zero-order valence-electron chi connectivity index (χ0n) is 17.7. The topological polar surface area (TPSA) is 85.9 Å². The number of hydrogen-bond acceptors (Lipinski definition) is 6. The average molecular weight is 481 g/mol. The lowest BCUT2D eigenvalue weighted by molar-refractivity contribution is 0.589. The van der Waals surface area contributed by atoms with E-state index in [4.69, 9.17) is 28.2 Å². The average Bonchev–Trinajstić information content (AvgIpc) is 2.82. The third-order valence-electron chi connectivity index (χ3n) is 5.71.